The van der Waals surface area contributed by atoms with Crippen LogP contribution >= 0.6 is 0 Å². The average Bonchev–Trinajstić information content (AvgIpc) is 3.06. The van der Waals surface area contributed by atoms with Crippen molar-refractivity contribution in [3.05, 3.63) is 70.8 Å². The molecule has 0 aromatic heterocycles. The lowest BCUT2D eigenvalue weighted by atomic mass is 10.1. The van der Waals surface area contributed by atoms with Crippen molar-refractivity contribution in [3.8, 4) is 0 Å². The molecule has 1 aliphatic heterocycles. The lowest BCUT2D eigenvalue weighted by molar-refractivity contribution is 0.242. The zero-order valence-corrected chi connectivity index (χ0v) is 17.7. The highest BCUT2D eigenvalue weighted by atomic mass is 19.1. The van der Waals surface area contributed by atoms with Gasteiger partial charge in [0.05, 0.1) is 18.6 Å². The molecule has 0 amide bonds. The molecule has 7 heteroatoms. The van der Waals surface area contributed by atoms with Crippen LogP contribution in [0.15, 0.2) is 59.4 Å². The van der Waals surface area contributed by atoms with Crippen LogP contribution in [0.4, 0.5) is 4.39 Å². The van der Waals surface area contributed by atoms with Crippen LogP contribution in [-0.2, 0) is 11.3 Å². The Hall–Kier alpha value is -2.67. The normalized spacial score (nSPS) is 16.6. The van der Waals surface area contributed by atoms with E-state index in [0.717, 1.165) is 42.1 Å². The molecule has 1 heterocycles. The third kappa shape index (κ3) is 5.66. The van der Waals surface area contributed by atoms with E-state index in [2.05, 4.69) is 34.4 Å². The average molecular weight is 393 g/mol. The van der Waals surface area contributed by atoms with Crippen molar-refractivity contribution in [1.29, 1.82) is 0 Å². The molecule has 0 saturated heterocycles. The number of allylic oxidation sites excluding steroid dienone is 1. The zero-order valence-electron chi connectivity index (χ0n) is 17.7. The zero-order chi connectivity index (χ0) is 21.3. The molecule has 0 bridgehead atoms. The number of hydrogen-bond acceptors (Lipinski definition) is 6. The van der Waals surface area contributed by atoms with Crippen molar-refractivity contribution in [2.45, 2.75) is 33.0 Å². The van der Waals surface area contributed by atoms with E-state index in [-0.39, 0.29) is 12.0 Å². The fraction of sp³-hybridized carbons (Fsp3) is 0.429. The second-order valence-electron chi connectivity index (χ2n) is 6.36. The van der Waals surface area contributed by atoms with E-state index >= 15 is 0 Å². The van der Waals surface area contributed by atoms with Crippen LogP contribution in [0.2, 0.25) is 0 Å². The van der Waals surface area contributed by atoms with Gasteiger partial charge in [-0.2, -0.15) is 0 Å². The number of ether oxygens (including phenoxy) is 1. The molecule has 156 valence electrons. The summed E-state index contributed by atoms with van der Waals surface area (Å²) < 4.78 is 18.6. The SMILES string of the molecule is C=C(NC)C1=C(NC)NC(C/C(C)=C(/C)OC)N1Cc1ccc(F)cc1.CO. The Morgan fingerprint density at radius 2 is 1.86 bits per heavy atom. The van der Waals surface area contributed by atoms with E-state index in [9.17, 15) is 4.39 Å². The molecular formula is C21H33FN4O2. The smallest absolute Gasteiger partial charge is 0.126 e. The number of rotatable bonds is 8. The van der Waals surface area contributed by atoms with Gasteiger partial charge in [0.25, 0.3) is 0 Å². The minimum Gasteiger partial charge on any atom is -0.501 e. The molecule has 28 heavy (non-hydrogen) atoms. The lowest BCUT2D eigenvalue weighted by Crippen LogP contribution is -2.38. The van der Waals surface area contributed by atoms with Gasteiger partial charge in [0.15, 0.2) is 0 Å². The van der Waals surface area contributed by atoms with Crippen LogP contribution in [0.1, 0.15) is 25.8 Å². The van der Waals surface area contributed by atoms with E-state index < -0.39 is 0 Å². The van der Waals surface area contributed by atoms with Gasteiger partial charge in [-0.05, 0) is 37.1 Å². The Morgan fingerprint density at radius 3 is 2.36 bits per heavy atom. The number of nitrogens with one attached hydrogen (secondary N) is 3. The first-order valence-electron chi connectivity index (χ1n) is 9.13. The standard InChI is InChI=1S/C20H29FN4O.CH4O/c1-13(15(3)26-6)11-18-24-20(23-5)19(14(2)22-4)25(18)12-16-7-9-17(21)10-8-16;1-2/h7-10,18,22-24H,2,11-12H2,1,3-6H3;2H,1H3/b15-13-;. The number of hydrogen-bond donors (Lipinski definition) is 4. The van der Waals surface area contributed by atoms with Gasteiger partial charge in [-0.1, -0.05) is 18.7 Å². The van der Waals surface area contributed by atoms with Crippen LogP contribution in [0, 0.1) is 5.82 Å². The largest absolute Gasteiger partial charge is 0.501 e. The van der Waals surface area contributed by atoms with E-state index in [4.69, 9.17) is 9.84 Å². The molecule has 2 rings (SSSR count). The molecule has 4 N–H and O–H groups in total. The fourth-order valence-corrected chi connectivity index (χ4v) is 2.99. The second-order valence-corrected chi connectivity index (χ2v) is 6.36. The predicted molar refractivity (Wildman–Crippen MR) is 111 cm³/mol. The summed E-state index contributed by atoms with van der Waals surface area (Å²) in [7, 11) is 6.42. The van der Waals surface area contributed by atoms with Crippen molar-refractivity contribution in [1.82, 2.24) is 20.9 Å². The summed E-state index contributed by atoms with van der Waals surface area (Å²) in [5.41, 5.74) is 3.99. The van der Waals surface area contributed by atoms with Crippen LogP contribution in [-0.4, -0.2) is 44.5 Å². The number of likely N-dealkylation sites (N-methyl/N-ethyl adjacent to an activating group) is 1. The van der Waals surface area contributed by atoms with Crippen LogP contribution in [0.25, 0.3) is 0 Å². The minimum atomic E-state index is -0.231. The first kappa shape index (κ1) is 23.4. The molecule has 0 spiro atoms. The van der Waals surface area contributed by atoms with Crippen LogP contribution < -0.4 is 16.0 Å². The summed E-state index contributed by atoms with van der Waals surface area (Å²) in [5.74, 6) is 1.60. The topological polar surface area (TPSA) is 68.8 Å². The van der Waals surface area contributed by atoms with E-state index in [1.54, 1.807) is 7.11 Å². The maximum atomic E-state index is 13.3. The van der Waals surface area contributed by atoms with Gasteiger partial charge >= 0.3 is 0 Å². The summed E-state index contributed by atoms with van der Waals surface area (Å²) in [4.78, 5) is 2.24. The monoisotopic (exact) mass is 392 g/mol. The highest BCUT2D eigenvalue weighted by Gasteiger charge is 2.32. The Kier molecular flexibility index (Phi) is 9.38. The molecule has 1 aromatic rings. The summed E-state index contributed by atoms with van der Waals surface area (Å²) in [6.07, 6.45) is 0.819. The van der Waals surface area contributed by atoms with Gasteiger partial charge in [-0.3, -0.25) is 0 Å². The minimum absolute atomic E-state index is 0.0349. The van der Waals surface area contributed by atoms with Crippen molar-refractivity contribution in [2.75, 3.05) is 28.3 Å². The van der Waals surface area contributed by atoms with Gasteiger partial charge in [0.1, 0.15) is 23.5 Å². The van der Waals surface area contributed by atoms with Crippen molar-refractivity contribution in [2.24, 2.45) is 0 Å². The Bertz CT molecular complexity index is 714. The summed E-state index contributed by atoms with van der Waals surface area (Å²) >= 11 is 0. The van der Waals surface area contributed by atoms with Gasteiger partial charge in [0.2, 0.25) is 0 Å². The van der Waals surface area contributed by atoms with Crippen molar-refractivity contribution in [3.63, 3.8) is 0 Å². The number of benzene rings is 1. The second kappa shape index (κ2) is 11.2. The molecule has 0 radical (unpaired) electrons. The molecule has 0 fully saturated rings. The van der Waals surface area contributed by atoms with Gasteiger partial charge < -0.3 is 30.7 Å². The van der Waals surface area contributed by atoms with Crippen LogP contribution in [0.5, 0.6) is 0 Å². The van der Waals surface area contributed by atoms with E-state index in [1.165, 1.54) is 17.7 Å². The molecule has 0 aliphatic carbocycles. The summed E-state index contributed by atoms with van der Waals surface area (Å²) in [6.45, 7) is 8.81. The third-order valence-corrected chi connectivity index (χ3v) is 4.72. The first-order chi connectivity index (χ1) is 13.4. The molecule has 0 saturated carbocycles. The fourth-order valence-electron chi connectivity index (χ4n) is 2.99. The lowest BCUT2D eigenvalue weighted by Gasteiger charge is -2.30. The van der Waals surface area contributed by atoms with E-state index in [0.29, 0.717) is 6.54 Å². The summed E-state index contributed by atoms with van der Waals surface area (Å²) in [6, 6.07) is 6.60. The highest BCUT2D eigenvalue weighted by molar-refractivity contribution is 5.35. The predicted octanol–water partition coefficient (Wildman–Crippen LogP) is 2.62. The quantitative estimate of drug-likeness (QED) is 0.510. The number of nitrogens with zero attached hydrogens (tertiary/aromatic N) is 1. The van der Waals surface area contributed by atoms with Gasteiger partial charge in [-0.15, -0.1) is 0 Å². The molecular weight excluding hydrogens is 359 g/mol. The van der Waals surface area contributed by atoms with Crippen LogP contribution in [0.3, 0.4) is 0 Å². The van der Waals surface area contributed by atoms with E-state index in [1.807, 2.05) is 33.2 Å². The molecule has 1 atom stereocenters. The Morgan fingerprint density at radius 1 is 1.25 bits per heavy atom. The first-order valence-corrected chi connectivity index (χ1v) is 9.13. The summed E-state index contributed by atoms with van der Waals surface area (Å²) in [5, 5.41) is 16.9. The molecule has 1 unspecified atom stereocenters. The number of methoxy groups -OCH3 is 1. The number of aliphatic hydroxyl groups is 1. The molecule has 1 aliphatic rings. The highest BCUT2D eigenvalue weighted by Crippen LogP contribution is 2.29. The Labute approximate surface area is 167 Å². The van der Waals surface area contributed by atoms with Crippen molar-refractivity contribution >= 4 is 0 Å². The third-order valence-electron chi connectivity index (χ3n) is 4.72. The maximum Gasteiger partial charge on any atom is 0.126 e. The van der Waals surface area contributed by atoms with Crippen molar-refractivity contribution < 1.29 is 14.2 Å². The van der Waals surface area contributed by atoms with Gasteiger partial charge in [0, 0.05) is 34.2 Å². The maximum absolute atomic E-state index is 13.3. The number of halogens is 1. The number of aliphatic hydroxyl groups excluding tert-OH is 1. The van der Waals surface area contributed by atoms with Gasteiger partial charge in [-0.25, -0.2) is 4.39 Å². The molecule has 1 aromatic carbocycles. The molecule has 6 nitrogen and oxygen atoms in total. The Balaban J connectivity index is 0.00000190.